The maximum absolute atomic E-state index is 9.17. The summed E-state index contributed by atoms with van der Waals surface area (Å²) in [5.74, 6) is 0. The fourth-order valence-electron chi connectivity index (χ4n) is 2.81. The zero-order valence-electron chi connectivity index (χ0n) is 12.7. The normalized spacial score (nSPS) is 21.8. The van der Waals surface area contributed by atoms with E-state index >= 15 is 0 Å². The minimum atomic E-state index is -0.522. The Hall–Kier alpha value is -2.57. The quantitative estimate of drug-likeness (QED) is 0.769. The van der Waals surface area contributed by atoms with Gasteiger partial charge in [-0.2, -0.15) is 5.26 Å². The van der Waals surface area contributed by atoms with E-state index in [1.54, 1.807) is 6.08 Å². The lowest BCUT2D eigenvalue weighted by atomic mass is 10.0. The highest BCUT2D eigenvalue weighted by atomic mass is 16.5. The predicted octanol–water partition coefficient (Wildman–Crippen LogP) is 4.41. The van der Waals surface area contributed by atoms with Crippen LogP contribution in [0.1, 0.15) is 25.6 Å². The number of ether oxygens (including phenoxy) is 1. The molecule has 1 atom stereocenters. The minimum Gasteiger partial charge on any atom is -0.342 e. The Balaban J connectivity index is 2.13. The molecule has 0 spiro atoms. The molecule has 110 valence electrons. The van der Waals surface area contributed by atoms with E-state index in [0.717, 1.165) is 16.9 Å². The van der Waals surface area contributed by atoms with Gasteiger partial charge in [0.05, 0.1) is 11.8 Å². The lowest BCUT2D eigenvalue weighted by Crippen LogP contribution is -2.25. The molecule has 1 saturated heterocycles. The molecule has 1 heterocycles. The largest absolute Gasteiger partial charge is 0.342 e. The van der Waals surface area contributed by atoms with Gasteiger partial charge >= 0.3 is 0 Å². The molecule has 0 aromatic heterocycles. The minimum absolute atomic E-state index is 0.238. The molecule has 0 amide bonds. The fourth-order valence-corrected chi connectivity index (χ4v) is 2.81. The van der Waals surface area contributed by atoms with Gasteiger partial charge in [0.25, 0.3) is 0 Å². The molecule has 1 fully saturated rings. The number of nitriles is 1. The highest BCUT2D eigenvalue weighted by Gasteiger charge is 2.44. The van der Waals surface area contributed by atoms with Gasteiger partial charge in [-0.15, -0.1) is 0 Å². The first kappa shape index (κ1) is 14.4. The van der Waals surface area contributed by atoms with Crippen LogP contribution in [0.5, 0.6) is 0 Å². The van der Waals surface area contributed by atoms with Crippen molar-refractivity contribution < 1.29 is 4.74 Å². The maximum Gasteiger partial charge on any atom is 0.161 e. The van der Waals surface area contributed by atoms with Gasteiger partial charge in [-0.3, -0.25) is 0 Å². The number of anilines is 1. The Morgan fingerprint density at radius 3 is 2.23 bits per heavy atom. The summed E-state index contributed by atoms with van der Waals surface area (Å²) in [5.41, 5.74) is 2.44. The van der Waals surface area contributed by atoms with E-state index < -0.39 is 5.60 Å². The molecule has 1 unspecified atom stereocenters. The van der Waals surface area contributed by atoms with Crippen molar-refractivity contribution in [2.45, 2.75) is 25.7 Å². The number of hydrogen-bond donors (Lipinski definition) is 0. The Morgan fingerprint density at radius 2 is 1.64 bits per heavy atom. The van der Waals surface area contributed by atoms with Crippen molar-refractivity contribution in [3.8, 4) is 6.07 Å². The summed E-state index contributed by atoms with van der Waals surface area (Å²) in [5, 5.41) is 9.17. The number of rotatable bonds is 2. The van der Waals surface area contributed by atoms with E-state index in [9.17, 15) is 5.26 Å². The van der Waals surface area contributed by atoms with Crippen LogP contribution in [0, 0.1) is 11.3 Å². The first-order valence-corrected chi connectivity index (χ1v) is 7.31. The second kappa shape index (κ2) is 5.67. The smallest absolute Gasteiger partial charge is 0.161 e. The Morgan fingerprint density at radius 1 is 1.05 bits per heavy atom. The van der Waals surface area contributed by atoms with Crippen LogP contribution in [0.4, 0.5) is 5.69 Å². The summed E-state index contributed by atoms with van der Waals surface area (Å²) in [7, 11) is 0. The Labute approximate surface area is 131 Å². The summed E-state index contributed by atoms with van der Waals surface area (Å²) in [6, 6.07) is 22.3. The summed E-state index contributed by atoms with van der Waals surface area (Å²) in [6.45, 7) is 3.99. The molecule has 3 heteroatoms. The summed E-state index contributed by atoms with van der Waals surface area (Å²) in [4.78, 5) is 2.10. The average molecular weight is 290 g/mol. The van der Waals surface area contributed by atoms with E-state index in [0.29, 0.717) is 0 Å². The van der Waals surface area contributed by atoms with Crippen LogP contribution in [0.15, 0.2) is 72.4 Å². The Kier molecular flexibility index (Phi) is 3.70. The molecule has 3 rings (SSSR count). The topological polar surface area (TPSA) is 36.3 Å². The van der Waals surface area contributed by atoms with Crippen LogP contribution < -0.4 is 4.90 Å². The summed E-state index contributed by atoms with van der Waals surface area (Å²) in [6.07, 6.45) is 1.34. The van der Waals surface area contributed by atoms with E-state index in [2.05, 4.69) is 11.0 Å². The van der Waals surface area contributed by atoms with Crippen LogP contribution in [0.2, 0.25) is 0 Å². The monoisotopic (exact) mass is 290 g/mol. The lowest BCUT2D eigenvalue weighted by molar-refractivity contribution is -0.00383. The van der Waals surface area contributed by atoms with Gasteiger partial charge < -0.3 is 9.64 Å². The van der Waals surface area contributed by atoms with Crippen LogP contribution in [0.3, 0.4) is 0 Å². The number of benzene rings is 2. The average Bonchev–Trinajstić information content (AvgIpc) is 2.81. The van der Waals surface area contributed by atoms with Crippen molar-refractivity contribution in [1.82, 2.24) is 0 Å². The van der Waals surface area contributed by atoms with Gasteiger partial charge in [0, 0.05) is 17.3 Å². The van der Waals surface area contributed by atoms with E-state index in [1.807, 2.05) is 74.5 Å². The molecule has 3 nitrogen and oxygen atoms in total. The molecule has 0 aliphatic carbocycles. The number of hydrogen-bond acceptors (Lipinski definition) is 3. The van der Waals surface area contributed by atoms with Crippen molar-refractivity contribution in [3.63, 3.8) is 0 Å². The number of allylic oxidation sites excluding steroid dienone is 1. The first-order chi connectivity index (χ1) is 10.6. The predicted molar refractivity (Wildman–Crippen MR) is 87.0 cm³/mol. The van der Waals surface area contributed by atoms with Gasteiger partial charge in [0.2, 0.25) is 0 Å². The van der Waals surface area contributed by atoms with Crippen molar-refractivity contribution in [1.29, 1.82) is 5.26 Å². The second-order valence-electron chi connectivity index (χ2n) is 5.76. The number of para-hydroxylation sites is 1. The van der Waals surface area contributed by atoms with Crippen molar-refractivity contribution in [2.24, 2.45) is 0 Å². The van der Waals surface area contributed by atoms with Crippen LogP contribution >= 0.6 is 0 Å². The van der Waals surface area contributed by atoms with Crippen LogP contribution in [0.25, 0.3) is 0 Å². The molecule has 0 saturated carbocycles. The van der Waals surface area contributed by atoms with E-state index in [1.165, 1.54) is 0 Å². The molecule has 1 aliphatic heterocycles. The molecular formula is C19H18N2O. The van der Waals surface area contributed by atoms with Gasteiger partial charge in [0.1, 0.15) is 5.60 Å². The van der Waals surface area contributed by atoms with Gasteiger partial charge in [0.15, 0.2) is 6.23 Å². The highest BCUT2D eigenvalue weighted by Crippen LogP contribution is 2.45. The third-order valence-electron chi connectivity index (χ3n) is 3.84. The lowest BCUT2D eigenvalue weighted by Gasteiger charge is -2.26. The van der Waals surface area contributed by atoms with E-state index in [-0.39, 0.29) is 6.23 Å². The third-order valence-corrected chi connectivity index (χ3v) is 3.84. The SMILES string of the molecule is CC1(C)OC(c2ccccc2)N(c2ccccc2)C1=CC#N. The van der Waals surface area contributed by atoms with Crippen LogP contribution in [-0.2, 0) is 4.74 Å². The second-order valence-corrected chi connectivity index (χ2v) is 5.76. The summed E-state index contributed by atoms with van der Waals surface area (Å²) >= 11 is 0. The zero-order chi connectivity index (χ0) is 15.6. The fraction of sp³-hybridized carbons (Fsp3) is 0.211. The van der Waals surface area contributed by atoms with E-state index in [4.69, 9.17) is 4.74 Å². The third kappa shape index (κ3) is 2.49. The Bertz CT molecular complexity index is 714. The molecule has 2 aromatic carbocycles. The molecular weight excluding hydrogens is 272 g/mol. The van der Waals surface area contributed by atoms with Gasteiger partial charge in [-0.05, 0) is 26.0 Å². The van der Waals surface area contributed by atoms with Crippen molar-refractivity contribution in [3.05, 3.63) is 78.0 Å². The molecule has 0 N–H and O–H groups in total. The molecule has 2 aromatic rings. The van der Waals surface area contributed by atoms with Gasteiger partial charge in [-0.1, -0.05) is 48.5 Å². The highest BCUT2D eigenvalue weighted by molar-refractivity contribution is 5.58. The molecule has 22 heavy (non-hydrogen) atoms. The molecule has 1 aliphatic rings. The maximum atomic E-state index is 9.17. The zero-order valence-corrected chi connectivity index (χ0v) is 12.7. The first-order valence-electron chi connectivity index (χ1n) is 7.31. The van der Waals surface area contributed by atoms with Crippen molar-refractivity contribution in [2.75, 3.05) is 4.90 Å². The van der Waals surface area contributed by atoms with Crippen molar-refractivity contribution >= 4 is 5.69 Å². The molecule has 0 radical (unpaired) electrons. The standard InChI is InChI=1S/C19H18N2O/c1-19(2)17(13-14-20)21(16-11-7-4-8-12-16)18(22-19)15-9-5-3-6-10-15/h3-13,18H,1-2H3. The van der Waals surface area contributed by atoms with Gasteiger partial charge in [-0.25, -0.2) is 0 Å². The summed E-state index contributed by atoms with van der Waals surface area (Å²) < 4.78 is 6.27. The van der Waals surface area contributed by atoms with Crippen LogP contribution in [-0.4, -0.2) is 5.60 Å². The number of nitrogens with zero attached hydrogens (tertiary/aromatic N) is 2. The molecule has 0 bridgehead atoms.